The molecule has 116 valence electrons. The SMILES string of the molecule is CC1CCCN(c2ccc(C(=O)NCc3ccco3)nc2)C1. The summed E-state index contributed by atoms with van der Waals surface area (Å²) in [5.74, 6) is 1.26. The molecule has 2 aromatic rings. The summed E-state index contributed by atoms with van der Waals surface area (Å²) in [5, 5.41) is 2.80. The molecule has 2 aromatic heterocycles. The van der Waals surface area contributed by atoms with E-state index in [0.717, 1.165) is 24.5 Å². The van der Waals surface area contributed by atoms with E-state index in [1.54, 1.807) is 24.6 Å². The molecule has 5 nitrogen and oxygen atoms in total. The van der Waals surface area contributed by atoms with E-state index in [1.807, 2.05) is 12.1 Å². The first-order valence-corrected chi connectivity index (χ1v) is 7.74. The van der Waals surface area contributed by atoms with Gasteiger partial charge in [0.05, 0.1) is 24.7 Å². The summed E-state index contributed by atoms with van der Waals surface area (Å²) in [7, 11) is 0. The van der Waals surface area contributed by atoms with Gasteiger partial charge in [0.25, 0.3) is 5.91 Å². The van der Waals surface area contributed by atoms with Crippen LogP contribution in [0.2, 0.25) is 0 Å². The van der Waals surface area contributed by atoms with E-state index in [2.05, 4.69) is 22.1 Å². The number of piperidine rings is 1. The molecule has 3 heterocycles. The Hall–Kier alpha value is -2.30. The van der Waals surface area contributed by atoms with Crippen molar-refractivity contribution in [2.75, 3.05) is 18.0 Å². The molecule has 5 heteroatoms. The van der Waals surface area contributed by atoms with Crippen molar-refractivity contribution in [1.82, 2.24) is 10.3 Å². The molecule has 0 spiro atoms. The number of nitrogens with zero attached hydrogens (tertiary/aromatic N) is 2. The number of pyridine rings is 1. The lowest BCUT2D eigenvalue weighted by atomic mass is 10.00. The van der Waals surface area contributed by atoms with Crippen LogP contribution in [0.5, 0.6) is 0 Å². The van der Waals surface area contributed by atoms with Gasteiger partial charge in [-0.2, -0.15) is 0 Å². The third-order valence-electron chi connectivity index (χ3n) is 4.01. The lowest BCUT2D eigenvalue weighted by Gasteiger charge is -2.32. The molecule has 1 amide bonds. The summed E-state index contributed by atoms with van der Waals surface area (Å²) in [6, 6.07) is 7.39. The maximum atomic E-state index is 12.1. The fraction of sp³-hybridized carbons (Fsp3) is 0.412. The maximum Gasteiger partial charge on any atom is 0.270 e. The van der Waals surface area contributed by atoms with Crippen molar-refractivity contribution in [3.05, 3.63) is 48.2 Å². The van der Waals surface area contributed by atoms with Crippen molar-refractivity contribution in [3.63, 3.8) is 0 Å². The smallest absolute Gasteiger partial charge is 0.270 e. The Bertz CT molecular complexity index is 607. The van der Waals surface area contributed by atoms with Gasteiger partial charge in [0, 0.05) is 13.1 Å². The molecule has 0 bridgehead atoms. The van der Waals surface area contributed by atoms with Crippen LogP contribution in [-0.4, -0.2) is 24.0 Å². The molecule has 1 atom stereocenters. The van der Waals surface area contributed by atoms with Crippen molar-refractivity contribution in [2.24, 2.45) is 5.92 Å². The van der Waals surface area contributed by atoms with E-state index in [-0.39, 0.29) is 5.91 Å². The number of rotatable bonds is 4. The van der Waals surface area contributed by atoms with Crippen LogP contribution in [0.4, 0.5) is 5.69 Å². The monoisotopic (exact) mass is 299 g/mol. The molecular weight excluding hydrogens is 278 g/mol. The highest BCUT2D eigenvalue weighted by molar-refractivity contribution is 5.92. The summed E-state index contributed by atoms with van der Waals surface area (Å²) >= 11 is 0. The highest BCUT2D eigenvalue weighted by Crippen LogP contribution is 2.22. The molecule has 1 aliphatic heterocycles. The van der Waals surface area contributed by atoms with Gasteiger partial charge in [-0.15, -0.1) is 0 Å². The fourth-order valence-electron chi connectivity index (χ4n) is 2.80. The van der Waals surface area contributed by atoms with Gasteiger partial charge in [0.2, 0.25) is 0 Å². The molecule has 3 rings (SSSR count). The predicted molar refractivity (Wildman–Crippen MR) is 84.7 cm³/mol. The summed E-state index contributed by atoms with van der Waals surface area (Å²) in [5.41, 5.74) is 1.52. The van der Waals surface area contributed by atoms with E-state index >= 15 is 0 Å². The minimum atomic E-state index is -0.185. The molecule has 1 saturated heterocycles. The third kappa shape index (κ3) is 3.47. The molecule has 1 N–H and O–H groups in total. The third-order valence-corrected chi connectivity index (χ3v) is 4.01. The van der Waals surface area contributed by atoms with E-state index in [9.17, 15) is 4.79 Å². The molecular formula is C17H21N3O2. The largest absolute Gasteiger partial charge is 0.467 e. The van der Waals surface area contributed by atoms with Gasteiger partial charge < -0.3 is 14.6 Å². The lowest BCUT2D eigenvalue weighted by Crippen LogP contribution is -2.34. The minimum absolute atomic E-state index is 0.185. The normalized spacial score (nSPS) is 18.2. The average molecular weight is 299 g/mol. The van der Waals surface area contributed by atoms with Crippen molar-refractivity contribution in [2.45, 2.75) is 26.3 Å². The van der Waals surface area contributed by atoms with Crippen LogP contribution < -0.4 is 10.2 Å². The van der Waals surface area contributed by atoms with Gasteiger partial charge in [-0.25, -0.2) is 4.98 Å². The second-order valence-electron chi connectivity index (χ2n) is 5.86. The van der Waals surface area contributed by atoms with E-state index < -0.39 is 0 Å². The number of amides is 1. The zero-order chi connectivity index (χ0) is 15.4. The van der Waals surface area contributed by atoms with Gasteiger partial charge >= 0.3 is 0 Å². The Labute approximate surface area is 130 Å². The number of anilines is 1. The number of carbonyl (C=O) groups excluding carboxylic acids is 1. The Balaban J connectivity index is 1.59. The lowest BCUT2D eigenvalue weighted by molar-refractivity contribution is 0.0943. The Morgan fingerprint density at radius 3 is 3.05 bits per heavy atom. The van der Waals surface area contributed by atoms with Crippen LogP contribution in [0.1, 0.15) is 36.0 Å². The average Bonchev–Trinajstić information content (AvgIpc) is 3.06. The van der Waals surface area contributed by atoms with Crippen molar-refractivity contribution in [3.8, 4) is 0 Å². The Morgan fingerprint density at radius 2 is 2.36 bits per heavy atom. The zero-order valence-corrected chi connectivity index (χ0v) is 12.8. The molecule has 0 aromatic carbocycles. The first kappa shape index (κ1) is 14.6. The molecule has 1 fully saturated rings. The molecule has 1 unspecified atom stereocenters. The summed E-state index contributed by atoms with van der Waals surface area (Å²) in [6.45, 7) is 4.77. The van der Waals surface area contributed by atoms with Crippen molar-refractivity contribution >= 4 is 11.6 Å². The molecule has 0 radical (unpaired) electrons. The first-order chi connectivity index (χ1) is 10.7. The number of hydrogen-bond acceptors (Lipinski definition) is 4. The van der Waals surface area contributed by atoms with Crippen LogP contribution in [0.25, 0.3) is 0 Å². The van der Waals surface area contributed by atoms with Gasteiger partial charge in [-0.3, -0.25) is 4.79 Å². The van der Waals surface area contributed by atoms with Gasteiger partial charge in [0.15, 0.2) is 0 Å². The summed E-state index contributed by atoms with van der Waals surface area (Å²) in [4.78, 5) is 18.7. The van der Waals surface area contributed by atoms with E-state index in [4.69, 9.17) is 4.42 Å². The maximum absolute atomic E-state index is 12.1. The van der Waals surface area contributed by atoms with Crippen LogP contribution in [-0.2, 0) is 6.54 Å². The highest BCUT2D eigenvalue weighted by Gasteiger charge is 2.17. The highest BCUT2D eigenvalue weighted by atomic mass is 16.3. The Kier molecular flexibility index (Phi) is 4.42. The fourth-order valence-corrected chi connectivity index (χ4v) is 2.80. The quantitative estimate of drug-likeness (QED) is 0.943. The minimum Gasteiger partial charge on any atom is -0.467 e. The zero-order valence-electron chi connectivity index (χ0n) is 12.8. The molecule has 22 heavy (non-hydrogen) atoms. The number of hydrogen-bond donors (Lipinski definition) is 1. The predicted octanol–water partition coefficient (Wildman–Crippen LogP) is 2.84. The summed E-state index contributed by atoms with van der Waals surface area (Å²) in [6.07, 6.45) is 5.89. The van der Waals surface area contributed by atoms with E-state index in [1.165, 1.54) is 12.8 Å². The summed E-state index contributed by atoms with van der Waals surface area (Å²) < 4.78 is 5.19. The number of aromatic nitrogens is 1. The number of furan rings is 1. The number of carbonyl (C=O) groups is 1. The van der Waals surface area contributed by atoms with Crippen LogP contribution >= 0.6 is 0 Å². The van der Waals surface area contributed by atoms with Crippen molar-refractivity contribution in [1.29, 1.82) is 0 Å². The second kappa shape index (κ2) is 6.64. The van der Waals surface area contributed by atoms with Crippen LogP contribution in [0.3, 0.4) is 0 Å². The Morgan fingerprint density at radius 1 is 1.45 bits per heavy atom. The van der Waals surface area contributed by atoms with Gasteiger partial charge in [-0.05, 0) is 43.0 Å². The standard InChI is InChI=1S/C17H21N3O2/c1-13-4-2-8-20(12-13)14-6-7-16(18-10-14)17(21)19-11-15-5-3-9-22-15/h3,5-7,9-10,13H,2,4,8,11-12H2,1H3,(H,19,21). The van der Waals surface area contributed by atoms with E-state index in [0.29, 0.717) is 18.2 Å². The van der Waals surface area contributed by atoms with Crippen LogP contribution in [0, 0.1) is 5.92 Å². The second-order valence-corrected chi connectivity index (χ2v) is 5.86. The molecule has 1 aliphatic rings. The van der Waals surface area contributed by atoms with Crippen molar-refractivity contribution < 1.29 is 9.21 Å². The molecule has 0 aliphatic carbocycles. The van der Waals surface area contributed by atoms with Crippen LogP contribution in [0.15, 0.2) is 41.1 Å². The first-order valence-electron chi connectivity index (χ1n) is 7.74. The van der Waals surface area contributed by atoms with Gasteiger partial charge in [0.1, 0.15) is 11.5 Å². The topological polar surface area (TPSA) is 58.4 Å². The number of nitrogens with one attached hydrogen (secondary N) is 1. The molecule has 0 saturated carbocycles. The van der Waals surface area contributed by atoms with Gasteiger partial charge in [-0.1, -0.05) is 6.92 Å².